The summed E-state index contributed by atoms with van der Waals surface area (Å²) < 4.78 is 0. The summed E-state index contributed by atoms with van der Waals surface area (Å²) in [5.41, 5.74) is 11.4. The van der Waals surface area contributed by atoms with Gasteiger partial charge in [-0.25, -0.2) is 5.43 Å². The Bertz CT molecular complexity index is 614. The molecule has 160 valence electrons. The zero-order valence-electron chi connectivity index (χ0n) is 19.0. The number of hydrogen-bond donors (Lipinski definition) is 3. The molecule has 1 heterocycles. The van der Waals surface area contributed by atoms with Crippen molar-refractivity contribution in [1.82, 2.24) is 10.9 Å². The first-order valence-electron chi connectivity index (χ1n) is 12.2. The molecular formula is C25H44N2O. The lowest BCUT2D eigenvalue weighted by molar-refractivity contribution is -0.0242. The molecule has 0 unspecified atom stereocenters. The van der Waals surface area contributed by atoms with Crippen molar-refractivity contribution in [1.29, 1.82) is 0 Å². The molecule has 0 spiro atoms. The van der Waals surface area contributed by atoms with E-state index in [4.69, 9.17) is 0 Å². The zero-order chi connectivity index (χ0) is 20.1. The smallest absolute Gasteiger partial charge is 0.0556 e. The second-order valence-electron chi connectivity index (χ2n) is 11.6. The lowest BCUT2D eigenvalue weighted by atomic mass is 9.55. The Morgan fingerprint density at radius 3 is 2.61 bits per heavy atom. The molecule has 0 aromatic heterocycles. The number of aliphatic hydroxyl groups is 1. The Balaban J connectivity index is 1.53. The maximum Gasteiger partial charge on any atom is 0.0556 e. The van der Waals surface area contributed by atoms with Crippen molar-refractivity contribution < 1.29 is 5.11 Å². The summed E-state index contributed by atoms with van der Waals surface area (Å²) in [4.78, 5) is 0. The zero-order valence-corrected chi connectivity index (χ0v) is 19.0. The molecule has 4 aliphatic rings. The number of fused-ring (bicyclic) bond motifs is 4. The maximum atomic E-state index is 10.2. The molecule has 7 atom stereocenters. The van der Waals surface area contributed by atoms with Crippen molar-refractivity contribution in [2.75, 3.05) is 0 Å². The molecule has 0 radical (unpaired) electrons. The minimum absolute atomic E-state index is 0.127. The fourth-order valence-electron chi connectivity index (χ4n) is 7.61. The lowest BCUT2D eigenvalue weighted by Gasteiger charge is -2.56. The van der Waals surface area contributed by atoms with Crippen LogP contribution in [-0.2, 0) is 0 Å². The highest BCUT2D eigenvalue weighted by molar-refractivity contribution is 5.33. The van der Waals surface area contributed by atoms with Gasteiger partial charge in [-0.1, -0.05) is 53.9 Å². The first-order chi connectivity index (χ1) is 13.3. The van der Waals surface area contributed by atoms with Crippen LogP contribution in [0.4, 0.5) is 0 Å². The molecule has 0 amide bonds. The van der Waals surface area contributed by atoms with Gasteiger partial charge in [0.2, 0.25) is 0 Å². The predicted molar refractivity (Wildman–Crippen MR) is 116 cm³/mol. The van der Waals surface area contributed by atoms with Gasteiger partial charge in [0.15, 0.2) is 0 Å². The van der Waals surface area contributed by atoms with Gasteiger partial charge in [-0.3, -0.25) is 0 Å². The van der Waals surface area contributed by atoms with E-state index in [1.54, 1.807) is 11.3 Å². The van der Waals surface area contributed by atoms with Crippen LogP contribution in [0.1, 0.15) is 98.8 Å². The number of nitrogens with one attached hydrogen (secondary N) is 2. The van der Waals surface area contributed by atoms with Gasteiger partial charge >= 0.3 is 0 Å². The summed E-state index contributed by atoms with van der Waals surface area (Å²) in [6, 6.07) is 0.405. The molecule has 28 heavy (non-hydrogen) atoms. The van der Waals surface area contributed by atoms with Crippen LogP contribution in [0.25, 0.3) is 0 Å². The quantitative estimate of drug-likeness (QED) is 0.578. The maximum absolute atomic E-state index is 10.2. The number of hydrogen-bond acceptors (Lipinski definition) is 3. The van der Waals surface area contributed by atoms with E-state index in [0.29, 0.717) is 22.8 Å². The van der Waals surface area contributed by atoms with Crippen molar-refractivity contribution in [2.24, 2.45) is 34.5 Å². The molecule has 3 aliphatic carbocycles. The summed E-state index contributed by atoms with van der Waals surface area (Å²) in [6.07, 6.45) is 12.4. The molecule has 4 rings (SSSR count). The fraction of sp³-hybridized carbons (Fsp3) is 0.920. The van der Waals surface area contributed by atoms with E-state index in [0.717, 1.165) is 37.0 Å². The SMILES string of the molecule is CC(C)CCC[C@@H](C)[C@H]1CCC2=C3NN[C@H]4C[C@@H](O)CC[C@]4(C)[C@H]3CC[C@@]21C. The summed E-state index contributed by atoms with van der Waals surface area (Å²) in [6.45, 7) is 12.3. The minimum atomic E-state index is -0.127. The van der Waals surface area contributed by atoms with Gasteiger partial charge in [-0.05, 0) is 79.1 Å². The van der Waals surface area contributed by atoms with E-state index in [1.165, 1.54) is 44.9 Å². The standard InChI is InChI=1S/C25H44N2O/c1-16(2)7-6-8-17(3)19-9-10-20-23-21(12-14-24(19,20)4)25(5)13-11-18(28)15-22(25)26-27-23/h16-19,21-22,26-28H,6-15H2,1-5H3/t17-,18+,19-,21+,22+,24-,25-/m1/s1. The van der Waals surface area contributed by atoms with E-state index in [-0.39, 0.29) is 6.10 Å². The summed E-state index contributed by atoms with van der Waals surface area (Å²) in [7, 11) is 0. The van der Waals surface area contributed by atoms with Crippen molar-refractivity contribution in [3.63, 3.8) is 0 Å². The molecule has 0 aromatic carbocycles. The van der Waals surface area contributed by atoms with Gasteiger partial charge in [0.05, 0.1) is 6.10 Å². The monoisotopic (exact) mass is 388 g/mol. The topological polar surface area (TPSA) is 44.3 Å². The van der Waals surface area contributed by atoms with Crippen LogP contribution < -0.4 is 10.9 Å². The first kappa shape index (κ1) is 20.7. The van der Waals surface area contributed by atoms with Crippen LogP contribution in [0.15, 0.2) is 11.3 Å². The average Bonchev–Trinajstić information content (AvgIpc) is 2.99. The normalized spacial score (nSPS) is 44.0. The van der Waals surface area contributed by atoms with Gasteiger partial charge in [0.1, 0.15) is 0 Å². The highest BCUT2D eigenvalue weighted by Gasteiger charge is 2.56. The Hall–Kier alpha value is -0.540. The van der Waals surface area contributed by atoms with Crippen molar-refractivity contribution >= 4 is 0 Å². The first-order valence-corrected chi connectivity index (χ1v) is 12.2. The molecule has 1 aliphatic heterocycles. The second kappa shape index (κ2) is 7.61. The molecule has 3 fully saturated rings. The molecule has 2 saturated carbocycles. The Morgan fingerprint density at radius 1 is 1.07 bits per heavy atom. The van der Waals surface area contributed by atoms with Gasteiger partial charge in [-0.15, -0.1) is 0 Å². The summed E-state index contributed by atoms with van der Waals surface area (Å²) in [5, 5.41) is 10.2. The summed E-state index contributed by atoms with van der Waals surface area (Å²) >= 11 is 0. The van der Waals surface area contributed by atoms with Crippen molar-refractivity contribution in [3.8, 4) is 0 Å². The highest BCUT2D eigenvalue weighted by atomic mass is 16.3. The third-order valence-electron chi connectivity index (χ3n) is 9.46. The van der Waals surface area contributed by atoms with Crippen LogP contribution >= 0.6 is 0 Å². The molecule has 3 N–H and O–H groups in total. The van der Waals surface area contributed by atoms with Crippen LogP contribution in [0.5, 0.6) is 0 Å². The molecule has 0 aromatic rings. The average molecular weight is 389 g/mol. The lowest BCUT2D eigenvalue weighted by Crippen LogP contribution is -2.63. The molecule has 3 heteroatoms. The van der Waals surface area contributed by atoms with Crippen molar-refractivity contribution in [3.05, 3.63) is 11.3 Å². The van der Waals surface area contributed by atoms with Gasteiger partial charge in [0.25, 0.3) is 0 Å². The van der Waals surface area contributed by atoms with E-state index in [2.05, 4.69) is 45.5 Å². The highest BCUT2D eigenvalue weighted by Crippen LogP contribution is 2.62. The molecule has 1 saturated heterocycles. The van der Waals surface area contributed by atoms with Gasteiger partial charge in [0, 0.05) is 17.7 Å². The van der Waals surface area contributed by atoms with E-state index < -0.39 is 0 Å². The number of hydrazine groups is 1. The number of rotatable bonds is 5. The van der Waals surface area contributed by atoms with Crippen LogP contribution in [-0.4, -0.2) is 17.3 Å². The molecule has 3 nitrogen and oxygen atoms in total. The van der Waals surface area contributed by atoms with Crippen LogP contribution in [0.3, 0.4) is 0 Å². The third kappa shape index (κ3) is 3.35. The molecular weight excluding hydrogens is 344 g/mol. The second-order valence-corrected chi connectivity index (χ2v) is 11.6. The fourth-order valence-corrected chi connectivity index (χ4v) is 7.61. The largest absolute Gasteiger partial charge is 0.393 e. The summed E-state index contributed by atoms with van der Waals surface area (Å²) in [5.74, 6) is 3.18. The van der Waals surface area contributed by atoms with E-state index in [9.17, 15) is 5.11 Å². The Kier molecular flexibility index (Phi) is 5.64. The Labute approximate surface area is 173 Å². The molecule has 0 bridgehead atoms. The van der Waals surface area contributed by atoms with Gasteiger partial charge < -0.3 is 10.5 Å². The van der Waals surface area contributed by atoms with Gasteiger partial charge in [-0.2, -0.15) is 0 Å². The van der Waals surface area contributed by atoms with Crippen molar-refractivity contribution in [2.45, 2.75) is 111 Å². The minimum Gasteiger partial charge on any atom is -0.393 e. The third-order valence-corrected chi connectivity index (χ3v) is 9.46. The number of allylic oxidation sites excluding steroid dienone is 2. The van der Waals surface area contributed by atoms with Crippen LogP contribution in [0.2, 0.25) is 0 Å². The van der Waals surface area contributed by atoms with E-state index in [1.807, 2.05) is 0 Å². The van der Waals surface area contributed by atoms with E-state index >= 15 is 0 Å². The predicted octanol–water partition coefficient (Wildman–Crippen LogP) is 5.56. The van der Waals surface area contributed by atoms with Crippen LogP contribution in [0, 0.1) is 34.5 Å². The Morgan fingerprint density at radius 2 is 1.86 bits per heavy atom. The number of aliphatic hydroxyl groups excluding tert-OH is 1.